The molecule has 5 heteroatoms. The minimum Gasteiger partial charge on any atom is -0.460 e. The molecule has 1 aliphatic carbocycles. The number of hydrogen-bond acceptors (Lipinski definition) is 4. The molecule has 0 heterocycles. The Labute approximate surface area is 127 Å². The lowest BCUT2D eigenvalue weighted by Crippen LogP contribution is -2.62. The van der Waals surface area contributed by atoms with Crippen LogP contribution in [0.15, 0.2) is 0 Å². The largest absolute Gasteiger partial charge is 0.460 e. The Morgan fingerprint density at radius 1 is 1.24 bits per heavy atom. The zero-order valence-corrected chi connectivity index (χ0v) is 14.1. The van der Waals surface area contributed by atoms with Crippen LogP contribution < -0.4 is 5.32 Å². The third-order valence-corrected chi connectivity index (χ3v) is 3.86. The molecule has 1 aliphatic rings. The summed E-state index contributed by atoms with van der Waals surface area (Å²) in [5, 5.41) is 2.99. The van der Waals surface area contributed by atoms with Crippen molar-refractivity contribution in [3.05, 3.63) is 0 Å². The topological polar surface area (TPSA) is 64.6 Å². The van der Waals surface area contributed by atoms with Crippen molar-refractivity contribution in [1.82, 2.24) is 5.32 Å². The van der Waals surface area contributed by atoms with Crippen LogP contribution >= 0.6 is 0 Å². The SMILES string of the molecule is CCOC1CC(NC(=O)CCC(=O)OC(C)(C)C)C1(C)C. The maximum Gasteiger partial charge on any atom is 0.306 e. The Hall–Kier alpha value is -1.10. The van der Waals surface area contributed by atoms with Crippen molar-refractivity contribution < 1.29 is 19.1 Å². The fraction of sp³-hybridized carbons (Fsp3) is 0.875. The highest BCUT2D eigenvalue weighted by atomic mass is 16.6. The molecule has 0 aromatic heterocycles. The molecule has 0 bridgehead atoms. The number of carbonyl (C=O) groups is 2. The second-order valence-corrected chi connectivity index (χ2v) is 7.21. The van der Waals surface area contributed by atoms with Crippen molar-refractivity contribution >= 4 is 11.9 Å². The molecule has 1 fully saturated rings. The van der Waals surface area contributed by atoms with Gasteiger partial charge in [-0.25, -0.2) is 0 Å². The molecule has 0 aliphatic heterocycles. The second kappa shape index (κ2) is 6.77. The van der Waals surface area contributed by atoms with E-state index in [4.69, 9.17) is 9.47 Å². The molecule has 0 saturated heterocycles. The summed E-state index contributed by atoms with van der Waals surface area (Å²) in [6, 6.07) is 0.111. The van der Waals surface area contributed by atoms with Crippen molar-refractivity contribution in [1.29, 1.82) is 0 Å². The second-order valence-electron chi connectivity index (χ2n) is 7.21. The third-order valence-electron chi connectivity index (χ3n) is 3.86. The fourth-order valence-corrected chi connectivity index (χ4v) is 2.49. The number of carbonyl (C=O) groups excluding carboxylic acids is 2. The first-order valence-electron chi connectivity index (χ1n) is 7.69. The van der Waals surface area contributed by atoms with Gasteiger partial charge in [-0.1, -0.05) is 13.8 Å². The van der Waals surface area contributed by atoms with Gasteiger partial charge < -0.3 is 14.8 Å². The number of ether oxygens (including phenoxy) is 2. The van der Waals surface area contributed by atoms with Crippen molar-refractivity contribution in [2.24, 2.45) is 5.41 Å². The molecule has 122 valence electrons. The van der Waals surface area contributed by atoms with E-state index in [-0.39, 0.29) is 42.3 Å². The van der Waals surface area contributed by atoms with E-state index in [1.165, 1.54) is 0 Å². The third kappa shape index (κ3) is 5.30. The molecule has 0 radical (unpaired) electrons. The van der Waals surface area contributed by atoms with Gasteiger partial charge in [0.15, 0.2) is 0 Å². The van der Waals surface area contributed by atoms with Gasteiger partial charge in [-0.2, -0.15) is 0 Å². The standard InChI is InChI=1S/C16H29NO4/c1-7-20-12-10-11(16(12,5)6)17-13(18)8-9-14(19)21-15(2,3)4/h11-12H,7-10H2,1-6H3,(H,17,18). The minimum atomic E-state index is -0.506. The van der Waals surface area contributed by atoms with Crippen LogP contribution in [0.5, 0.6) is 0 Å². The van der Waals surface area contributed by atoms with Crippen LogP contribution in [0.4, 0.5) is 0 Å². The summed E-state index contributed by atoms with van der Waals surface area (Å²) in [5.41, 5.74) is -0.564. The Bertz CT molecular complexity index is 384. The first kappa shape index (κ1) is 18.0. The summed E-state index contributed by atoms with van der Waals surface area (Å²) < 4.78 is 10.8. The predicted molar refractivity (Wildman–Crippen MR) is 80.8 cm³/mol. The molecular weight excluding hydrogens is 270 g/mol. The first-order chi connectivity index (χ1) is 9.56. The highest BCUT2D eigenvalue weighted by molar-refractivity contribution is 5.81. The monoisotopic (exact) mass is 299 g/mol. The molecular formula is C16H29NO4. The summed E-state index contributed by atoms with van der Waals surface area (Å²) in [6.45, 7) is 12.3. The average Bonchev–Trinajstić information content (AvgIpc) is 2.33. The van der Waals surface area contributed by atoms with Gasteiger partial charge in [0.2, 0.25) is 5.91 Å². The lowest BCUT2D eigenvalue weighted by atomic mass is 9.64. The van der Waals surface area contributed by atoms with Crippen LogP contribution in [0.1, 0.15) is 60.8 Å². The van der Waals surface area contributed by atoms with Gasteiger partial charge in [0.25, 0.3) is 0 Å². The van der Waals surface area contributed by atoms with E-state index in [0.29, 0.717) is 6.61 Å². The van der Waals surface area contributed by atoms with E-state index in [1.54, 1.807) is 0 Å². The highest BCUT2D eigenvalue weighted by Gasteiger charge is 2.49. The Morgan fingerprint density at radius 2 is 1.86 bits per heavy atom. The Kier molecular flexibility index (Phi) is 5.79. The van der Waals surface area contributed by atoms with Crippen LogP contribution in [0, 0.1) is 5.41 Å². The lowest BCUT2D eigenvalue weighted by molar-refractivity contribution is -0.156. The summed E-state index contributed by atoms with van der Waals surface area (Å²) in [7, 11) is 0. The Balaban J connectivity index is 2.31. The molecule has 0 spiro atoms. The van der Waals surface area contributed by atoms with E-state index in [1.807, 2.05) is 27.7 Å². The zero-order valence-electron chi connectivity index (χ0n) is 14.1. The number of hydrogen-bond donors (Lipinski definition) is 1. The van der Waals surface area contributed by atoms with E-state index in [9.17, 15) is 9.59 Å². The maximum absolute atomic E-state index is 11.9. The molecule has 2 unspecified atom stereocenters. The molecule has 1 saturated carbocycles. The van der Waals surface area contributed by atoms with Gasteiger partial charge in [0.1, 0.15) is 5.60 Å². The summed E-state index contributed by atoms with van der Waals surface area (Å²) >= 11 is 0. The molecule has 1 amide bonds. The minimum absolute atomic E-state index is 0.0579. The molecule has 0 aromatic carbocycles. The molecule has 5 nitrogen and oxygen atoms in total. The number of esters is 1. The van der Waals surface area contributed by atoms with Gasteiger partial charge in [-0.15, -0.1) is 0 Å². The zero-order chi connectivity index (χ0) is 16.3. The van der Waals surface area contributed by atoms with Gasteiger partial charge in [0, 0.05) is 24.5 Å². The van der Waals surface area contributed by atoms with Crippen molar-refractivity contribution in [2.75, 3.05) is 6.61 Å². The molecule has 1 N–H and O–H groups in total. The van der Waals surface area contributed by atoms with E-state index in [2.05, 4.69) is 19.2 Å². The van der Waals surface area contributed by atoms with Crippen molar-refractivity contribution in [3.63, 3.8) is 0 Å². The maximum atomic E-state index is 11.9. The van der Waals surface area contributed by atoms with Gasteiger partial charge in [-0.3, -0.25) is 9.59 Å². The predicted octanol–water partition coefficient (Wildman–Crippen LogP) is 2.43. The number of amides is 1. The summed E-state index contributed by atoms with van der Waals surface area (Å²) in [6.07, 6.45) is 1.31. The van der Waals surface area contributed by atoms with Crippen LogP contribution in [0.3, 0.4) is 0 Å². The molecule has 0 aromatic rings. The normalized spacial score (nSPS) is 24.1. The molecule has 21 heavy (non-hydrogen) atoms. The van der Waals surface area contributed by atoms with Gasteiger partial charge >= 0.3 is 5.97 Å². The quantitative estimate of drug-likeness (QED) is 0.765. The highest BCUT2D eigenvalue weighted by Crippen LogP contribution is 2.42. The van der Waals surface area contributed by atoms with Gasteiger partial charge in [-0.05, 0) is 34.1 Å². The number of nitrogens with one attached hydrogen (secondary N) is 1. The molecule has 1 rings (SSSR count). The fourth-order valence-electron chi connectivity index (χ4n) is 2.49. The van der Waals surface area contributed by atoms with Crippen LogP contribution in [0.2, 0.25) is 0 Å². The van der Waals surface area contributed by atoms with Crippen molar-refractivity contribution in [3.8, 4) is 0 Å². The van der Waals surface area contributed by atoms with Crippen molar-refractivity contribution in [2.45, 2.75) is 78.6 Å². The van der Waals surface area contributed by atoms with E-state index < -0.39 is 5.60 Å². The van der Waals surface area contributed by atoms with E-state index in [0.717, 1.165) is 6.42 Å². The lowest BCUT2D eigenvalue weighted by Gasteiger charge is -2.51. The summed E-state index contributed by atoms with van der Waals surface area (Å²) in [5.74, 6) is -0.438. The van der Waals surface area contributed by atoms with Crippen LogP contribution in [-0.4, -0.2) is 36.2 Å². The Morgan fingerprint density at radius 3 is 2.33 bits per heavy atom. The van der Waals surface area contributed by atoms with E-state index >= 15 is 0 Å². The van der Waals surface area contributed by atoms with Gasteiger partial charge in [0.05, 0.1) is 12.5 Å². The summed E-state index contributed by atoms with van der Waals surface area (Å²) in [4.78, 5) is 23.5. The smallest absolute Gasteiger partial charge is 0.306 e. The average molecular weight is 299 g/mol. The number of rotatable bonds is 6. The molecule has 2 atom stereocenters. The first-order valence-corrected chi connectivity index (χ1v) is 7.69. The van der Waals surface area contributed by atoms with Crippen LogP contribution in [-0.2, 0) is 19.1 Å². The van der Waals surface area contributed by atoms with Crippen LogP contribution in [0.25, 0.3) is 0 Å².